The van der Waals surface area contributed by atoms with E-state index >= 15 is 0 Å². The molecule has 1 aliphatic rings. The van der Waals surface area contributed by atoms with Gasteiger partial charge in [0.15, 0.2) is 0 Å². The molecule has 0 bridgehead atoms. The lowest BCUT2D eigenvalue weighted by atomic mass is 9.98. The maximum absolute atomic E-state index is 13.0. The molecule has 1 amide bonds. The Kier molecular flexibility index (Phi) is 7.82. The van der Waals surface area contributed by atoms with Crippen LogP contribution < -0.4 is 5.32 Å². The van der Waals surface area contributed by atoms with E-state index in [1.165, 1.54) is 11.1 Å². The van der Waals surface area contributed by atoms with E-state index in [9.17, 15) is 4.79 Å². The van der Waals surface area contributed by atoms with Gasteiger partial charge in [-0.05, 0) is 63.5 Å². The minimum Gasteiger partial charge on any atom is -0.456 e. The average molecular weight is 487 g/mol. The number of nitrogens with one attached hydrogen (secondary N) is 1. The zero-order valence-electron chi connectivity index (χ0n) is 22.2. The highest BCUT2D eigenvalue weighted by atomic mass is 16.5. The molecule has 3 aromatic rings. The van der Waals surface area contributed by atoms with Gasteiger partial charge in [0, 0.05) is 47.3 Å². The second-order valence-electron chi connectivity index (χ2n) is 10.4. The summed E-state index contributed by atoms with van der Waals surface area (Å²) < 4.78 is 11.7. The van der Waals surface area contributed by atoms with E-state index in [0.717, 1.165) is 72.7 Å². The molecule has 2 aromatic carbocycles. The molecule has 1 saturated heterocycles. The van der Waals surface area contributed by atoms with Crippen LogP contribution in [0.4, 0.5) is 0 Å². The molecule has 0 saturated carbocycles. The smallest absolute Gasteiger partial charge is 0.247 e. The number of benzene rings is 2. The van der Waals surface area contributed by atoms with Crippen molar-refractivity contribution in [2.75, 3.05) is 32.8 Å². The normalized spacial score (nSPS) is 15.3. The lowest BCUT2D eigenvalue weighted by Gasteiger charge is -2.35. The van der Waals surface area contributed by atoms with Gasteiger partial charge in [-0.15, -0.1) is 0 Å². The number of rotatable bonds is 8. The van der Waals surface area contributed by atoms with Gasteiger partial charge in [0.2, 0.25) is 5.91 Å². The fourth-order valence-corrected chi connectivity index (χ4v) is 4.81. The van der Waals surface area contributed by atoms with Crippen molar-refractivity contribution in [3.63, 3.8) is 0 Å². The molecule has 2 heterocycles. The van der Waals surface area contributed by atoms with Crippen LogP contribution in [0.25, 0.3) is 27.9 Å². The third-order valence-electron chi connectivity index (χ3n) is 6.75. The third-order valence-corrected chi connectivity index (χ3v) is 6.75. The van der Waals surface area contributed by atoms with Crippen LogP contribution in [0.2, 0.25) is 0 Å². The van der Waals surface area contributed by atoms with Gasteiger partial charge in [0.25, 0.3) is 0 Å². The van der Waals surface area contributed by atoms with Gasteiger partial charge < -0.3 is 14.5 Å². The Bertz CT molecular complexity index is 1280. The Balaban J connectivity index is 1.51. The molecule has 0 spiro atoms. The number of furan rings is 1. The van der Waals surface area contributed by atoms with Crippen LogP contribution in [0.3, 0.4) is 0 Å². The first-order chi connectivity index (χ1) is 17.2. The number of amides is 1. The SMILES string of the molecule is C=C(C=C(C)C(=O)NC(C)(C)CN1CCOCC1)c1ccc2oc(-c3ccc(C)cc3)c(CC)c2c1. The van der Waals surface area contributed by atoms with Gasteiger partial charge in [-0.25, -0.2) is 0 Å². The van der Waals surface area contributed by atoms with E-state index in [4.69, 9.17) is 9.15 Å². The predicted octanol–water partition coefficient (Wildman–Crippen LogP) is 6.16. The maximum Gasteiger partial charge on any atom is 0.247 e. The molecule has 4 rings (SSSR count). The first kappa shape index (κ1) is 25.9. The standard InChI is InChI=1S/C31H38N2O3/c1-7-26-27-19-25(12-13-28(27)36-29(26)24-10-8-21(2)9-11-24)22(3)18-23(4)30(34)32-31(5,6)20-33-14-16-35-17-15-33/h8-13,18-19H,3,7,14-17,20H2,1-2,4-6H3,(H,32,34). The number of hydrogen-bond acceptors (Lipinski definition) is 4. The molecule has 5 nitrogen and oxygen atoms in total. The topological polar surface area (TPSA) is 54.7 Å². The Morgan fingerprint density at radius 1 is 1.14 bits per heavy atom. The van der Waals surface area contributed by atoms with E-state index in [-0.39, 0.29) is 11.4 Å². The number of ether oxygens (including phenoxy) is 1. The minimum absolute atomic E-state index is 0.0743. The molecule has 1 N–H and O–H groups in total. The van der Waals surface area contributed by atoms with Crippen LogP contribution in [-0.2, 0) is 16.0 Å². The fraction of sp³-hybridized carbons (Fsp3) is 0.387. The summed E-state index contributed by atoms with van der Waals surface area (Å²) >= 11 is 0. The molecule has 1 fully saturated rings. The van der Waals surface area contributed by atoms with Crippen LogP contribution in [0.5, 0.6) is 0 Å². The Morgan fingerprint density at radius 3 is 2.50 bits per heavy atom. The lowest BCUT2D eigenvalue weighted by Crippen LogP contribution is -2.53. The van der Waals surface area contributed by atoms with Crippen LogP contribution in [0, 0.1) is 6.92 Å². The van der Waals surface area contributed by atoms with E-state index in [1.807, 2.05) is 25.1 Å². The summed E-state index contributed by atoms with van der Waals surface area (Å²) in [5.41, 5.74) is 6.43. The van der Waals surface area contributed by atoms with Crippen LogP contribution in [0.15, 0.2) is 65.1 Å². The Hall–Kier alpha value is -3.15. The van der Waals surface area contributed by atoms with Crippen LogP contribution >= 0.6 is 0 Å². The van der Waals surface area contributed by atoms with Crippen molar-refractivity contribution in [2.45, 2.75) is 46.6 Å². The van der Waals surface area contributed by atoms with Gasteiger partial charge in [0.1, 0.15) is 11.3 Å². The summed E-state index contributed by atoms with van der Waals surface area (Å²) in [6, 6.07) is 14.6. The molecule has 0 radical (unpaired) electrons. The van der Waals surface area contributed by atoms with Gasteiger partial charge in [-0.1, -0.05) is 49.4 Å². The van der Waals surface area contributed by atoms with Gasteiger partial charge in [-0.2, -0.15) is 0 Å². The van der Waals surface area contributed by atoms with Crippen molar-refractivity contribution in [1.82, 2.24) is 10.2 Å². The number of carbonyl (C=O) groups excluding carboxylic acids is 1. The number of morpholine rings is 1. The highest BCUT2D eigenvalue weighted by molar-refractivity contribution is 5.97. The Labute approximate surface area is 214 Å². The molecule has 190 valence electrons. The van der Waals surface area contributed by atoms with Crippen molar-refractivity contribution < 1.29 is 13.9 Å². The molecular weight excluding hydrogens is 448 g/mol. The molecule has 5 heteroatoms. The van der Waals surface area contributed by atoms with Crippen molar-refractivity contribution in [2.24, 2.45) is 0 Å². The van der Waals surface area contributed by atoms with Crippen LogP contribution in [-0.4, -0.2) is 49.2 Å². The van der Waals surface area contributed by atoms with Crippen molar-refractivity contribution >= 4 is 22.4 Å². The number of nitrogens with zero attached hydrogens (tertiary/aromatic N) is 1. The summed E-state index contributed by atoms with van der Waals surface area (Å²) in [6.07, 6.45) is 2.73. The summed E-state index contributed by atoms with van der Waals surface area (Å²) in [6.45, 7) is 18.5. The second-order valence-corrected chi connectivity index (χ2v) is 10.4. The number of aryl methyl sites for hydroxylation is 2. The number of fused-ring (bicyclic) bond motifs is 1. The molecule has 0 aliphatic carbocycles. The van der Waals surface area contributed by atoms with Crippen LogP contribution in [0.1, 0.15) is 44.4 Å². The van der Waals surface area contributed by atoms with Crippen molar-refractivity contribution in [3.8, 4) is 11.3 Å². The van der Waals surface area contributed by atoms with Gasteiger partial charge >= 0.3 is 0 Å². The Morgan fingerprint density at radius 2 is 1.83 bits per heavy atom. The summed E-state index contributed by atoms with van der Waals surface area (Å²) in [7, 11) is 0. The molecule has 36 heavy (non-hydrogen) atoms. The number of allylic oxidation sites excluding steroid dienone is 2. The summed E-state index contributed by atoms with van der Waals surface area (Å²) in [5.74, 6) is 0.846. The molecule has 1 aliphatic heterocycles. The third kappa shape index (κ3) is 5.97. The molecule has 0 atom stereocenters. The summed E-state index contributed by atoms with van der Waals surface area (Å²) in [5, 5.41) is 4.28. The fourth-order valence-electron chi connectivity index (χ4n) is 4.81. The maximum atomic E-state index is 13.0. The van der Waals surface area contributed by atoms with E-state index < -0.39 is 0 Å². The van der Waals surface area contributed by atoms with Gasteiger partial charge in [-0.3, -0.25) is 9.69 Å². The first-order valence-corrected chi connectivity index (χ1v) is 12.8. The molecular formula is C31H38N2O3. The zero-order chi connectivity index (χ0) is 25.9. The lowest BCUT2D eigenvalue weighted by molar-refractivity contribution is -0.119. The number of hydrogen-bond donors (Lipinski definition) is 1. The van der Waals surface area contributed by atoms with E-state index in [1.54, 1.807) is 0 Å². The first-order valence-electron chi connectivity index (χ1n) is 12.8. The number of carbonyl (C=O) groups is 1. The molecule has 1 aromatic heterocycles. The largest absolute Gasteiger partial charge is 0.456 e. The highest BCUT2D eigenvalue weighted by Crippen LogP contribution is 2.35. The van der Waals surface area contributed by atoms with E-state index in [2.05, 4.69) is 74.8 Å². The zero-order valence-corrected chi connectivity index (χ0v) is 22.2. The quantitative estimate of drug-likeness (QED) is 0.306. The van der Waals surface area contributed by atoms with Crippen molar-refractivity contribution in [3.05, 3.63) is 77.4 Å². The highest BCUT2D eigenvalue weighted by Gasteiger charge is 2.25. The summed E-state index contributed by atoms with van der Waals surface area (Å²) in [4.78, 5) is 15.3. The second kappa shape index (κ2) is 10.9. The molecule has 0 unspecified atom stereocenters. The van der Waals surface area contributed by atoms with Crippen molar-refractivity contribution in [1.29, 1.82) is 0 Å². The van der Waals surface area contributed by atoms with Gasteiger partial charge in [0.05, 0.1) is 13.2 Å². The minimum atomic E-state index is -0.344. The van der Waals surface area contributed by atoms with E-state index in [0.29, 0.717) is 5.57 Å². The monoisotopic (exact) mass is 486 g/mol. The average Bonchev–Trinajstić information content (AvgIpc) is 3.22. The predicted molar refractivity (Wildman–Crippen MR) is 148 cm³/mol.